The molecule has 1 aromatic heterocycles. The second-order valence-electron chi connectivity index (χ2n) is 5.00. The van der Waals surface area contributed by atoms with Gasteiger partial charge in [-0.3, -0.25) is 20.2 Å². The lowest BCUT2D eigenvalue weighted by atomic mass is 10.2. The first-order chi connectivity index (χ1) is 12.1. The molecule has 0 saturated heterocycles. The Morgan fingerprint density at radius 3 is 2.56 bits per heavy atom. The molecule has 0 unspecified atom stereocenters. The van der Waals surface area contributed by atoms with Crippen LogP contribution in [0.1, 0.15) is 16.1 Å². The van der Waals surface area contributed by atoms with Crippen LogP contribution in [0.3, 0.4) is 0 Å². The molecule has 0 radical (unpaired) electrons. The van der Waals surface area contributed by atoms with Crippen molar-refractivity contribution in [2.75, 3.05) is 5.32 Å². The molecule has 8 heteroatoms. The molecule has 3 aromatic rings. The van der Waals surface area contributed by atoms with Gasteiger partial charge in [0.1, 0.15) is 0 Å². The first kappa shape index (κ1) is 17.1. The Morgan fingerprint density at radius 1 is 1.16 bits per heavy atom. The Morgan fingerprint density at radius 2 is 1.88 bits per heavy atom. The van der Waals surface area contributed by atoms with Crippen molar-refractivity contribution in [2.24, 2.45) is 0 Å². The molecule has 6 nitrogen and oxygen atoms in total. The number of thiazole rings is 1. The van der Waals surface area contributed by atoms with Crippen LogP contribution in [-0.4, -0.2) is 15.8 Å². The molecule has 2 aromatic carbocycles. The predicted octanol–water partition coefficient (Wildman–Crippen LogP) is 4.60. The van der Waals surface area contributed by atoms with Crippen molar-refractivity contribution >= 4 is 39.8 Å². The van der Waals surface area contributed by atoms with Crippen LogP contribution in [0.2, 0.25) is 0 Å². The summed E-state index contributed by atoms with van der Waals surface area (Å²) in [4.78, 5) is 27.9. The molecule has 1 heterocycles. The minimum Gasteiger partial charge on any atom is -0.298 e. The van der Waals surface area contributed by atoms with Gasteiger partial charge < -0.3 is 0 Å². The highest BCUT2D eigenvalue weighted by Gasteiger charge is 2.11. The quantitative estimate of drug-likeness (QED) is 0.389. The number of nitro groups is 1. The zero-order chi connectivity index (χ0) is 17.6. The molecule has 0 fully saturated rings. The van der Waals surface area contributed by atoms with E-state index in [2.05, 4.69) is 10.3 Å². The van der Waals surface area contributed by atoms with Crippen molar-refractivity contribution in [3.8, 4) is 0 Å². The normalized spacial score (nSPS) is 10.4. The fourth-order valence-corrected chi connectivity index (χ4v) is 3.63. The molecule has 0 saturated carbocycles. The van der Waals surface area contributed by atoms with Gasteiger partial charge in [-0.1, -0.05) is 18.2 Å². The van der Waals surface area contributed by atoms with Crippen LogP contribution in [0.5, 0.6) is 0 Å². The van der Waals surface area contributed by atoms with Gasteiger partial charge in [-0.2, -0.15) is 0 Å². The molecule has 0 aliphatic carbocycles. The van der Waals surface area contributed by atoms with E-state index in [1.54, 1.807) is 11.8 Å². The lowest BCUT2D eigenvalue weighted by Crippen LogP contribution is -2.11. The number of anilines is 1. The summed E-state index contributed by atoms with van der Waals surface area (Å²) in [5, 5.41) is 15.8. The Balaban J connectivity index is 1.58. The number of nitro benzene ring substituents is 1. The first-order valence-corrected chi connectivity index (χ1v) is 9.16. The maximum absolute atomic E-state index is 12.2. The molecule has 0 spiro atoms. The Kier molecular flexibility index (Phi) is 5.42. The summed E-state index contributed by atoms with van der Waals surface area (Å²) in [5.74, 6) is 0.375. The number of non-ortho nitro benzene ring substituents is 1. The van der Waals surface area contributed by atoms with E-state index in [1.165, 1.54) is 35.6 Å². The zero-order valence-electron chi connectivity index (χ0n) is 12.9. The monoisotopic (exact) mass is 371 g/mol. The van der Waals surface area contributed by atoms with Crippen molar-refractivity contribution in [2.45, 2.75) is 10.6 Å². The van der Waals surface area contributed by atoms with E-state index in [0.717, 1.165) is 10.6 Å². The van der Waals surface area contributed by atoms with Gasteiger partial charge in [0.25, 0.3) is 11.6 Å². The number of carbonyl (C=O) groups is 1. The van der Waals surface area contributed by atoms with Crippen molar-refractivity contribution in [1.82, 2.24) is 4.98 Å². The summed E-state index contributed by atoms with van der Waals surface area (Å²) in [7, 11) is 0. The van der Waals surface area contributed by atoms with E-state index in [0.29, 0.717) is 16.4 Å². The summed E-state index contributed by atoms with van der Waals surface area (Å²) in [6.45, 7) is 0. The minimum absolute atomic E-state index is 0.0500. The van der Waals surface area contributed by atoms with E-state index in [4.69, 9.17) is 0 Å². The summed E-state index contributed by atoms with van der Waals surface area (Å²) < 4.78 is 0. The Labute approximate surface area is 152 Å². The van der Waals surface area contributed by atoms with Gasteiger partial charge in [0.2, 0.25) is 0 Å². The van der Waals surface area contributed by atoms with Gasteiger partial charge in [-0.15, -0.1) is 23.1 Å². The van der Waals surface area contributed by atoms with Crippen molar-refractivity contribution in [1.29, 1.82) is 0 Å². The molecule has 0 atom stereocenters. The smallest absolute Gasteiger partial charge is 0.269 e. The minimum atomic E-state index is -0.501. The first-order valence-electron chi connectivity index (χ1n) is 7.30. The second-order valence-corrected chi connectivity index (χ2v) is 6.91. The lowest BCUT2D eigenvalue weighted by Gasteiger charge is -2.01. The number of hydrogen-bond donors (Lipinski definition) is 1. The molecule has 126 valence electrons. The summed E-state index contributed by atoms with van der Waals surface area (Å²) in [5.41, 5.74) is 1.19. The van der Waals surface area contributed by atoms with Crippen LogP contribution < -0.4 is 5.32 Å². The molecule has 25 heavy (non-hydrogen) atoms. The number of thioether (sulfide) groups is 1. The number of hydrogen-bond acceptors (Lipinski definition) is 6. The number of aromatic nitrogens is 1. The van der Waals surface area contributed by atoms with Gasteiger partial charge in [0, 0.05) is 33.7 Å². The Bertz CT molecular complexity index is 880. The highest BCUT2D eigenvalue weighted by molar-refractivity contribution is 7.98. The van der Waals surface area contributed by atoms with E-state index in [9.17, 15) is 14.9 Å². The highest BCUT2D eigenvalue weighted by Crippen LogP contribution is 2.25. The highest BCUT2D eigenvalue weighted by atomic mass is 32.2. The molecule has 1 N–H and O–H groups in total. The fourth-order valence-electron chi connectivity index (χ4n) is 2.01. The third-order valence-electron chi connectivity index (χ3n) is 3.24. The van der Waals surface area contributed by atoms with Gasteiger partial charge in [-0.05, 0) is 24.3 Å². The predicted molar refractivity (Wildman–Crippen MR) is 99.2 cm³/mol. The molecule has 0 bridgehead atoms. The van der Waals surface area contributed by atoms with Crippen LogP contribution in [0.15, 0.2) is 64.9 Å². The van der Waals surface area contributed by atoms with Gasteiger partial charge >= 0.3 is 0 Å². The van der Waals surface area contributed by atoms with Crippen molar-refractivity contribution in [3.05, 3.63) is 81.3 Å². The molecule has 1 amide bonds. The second kappa shape index (κ2) is 7.91. The van der Waals surface area contributed by atoms with Crippen LogP contribution in [0.25, 0.3) is 0 Å². The molecular weight excluding hydrogens is 358 g/mol. The van der Waals surface area contributed by atoms with E-state index in [1.807, 2.05) is 35.7 Å². The number of carbonyl (C=O) groups excluding carboxylic acids is 1. The average Bonchev–Trinajstić information content (AvgIpc) is 3.08. The van der Waals surface area contributed by atoms with E-state index >= 15 is 0 Å². The molecule has 3 rings (SSSR count). The van der Waals surface area contributed by atoms with Gasteiger partial charge in [0.15, 0.2) is 5.13 Å². The molecule has 0 aliphatic heterocycles. The third kappa shape index (κ3) is 4.65. The van der Waals surface area contributed by atoms with Gasteiger partial charge in [0.05, 0.1) is 10.6 Å². The molecular formula is C17H13N3O3S2. The standard InChI is InChI=1S/C17H13N3O3S2/c21-16(12-6-8-14(9-7-12)20(22)23)19-17-18-13(11-25-17)10-24-15-4-2-1-3-5-15/h1-9,11H,10H2,(H,18,19,21). The number of rotatable bonds is 6. The lowest BCUT2D eigenvalue weighted by molar-refractivity contribution is -0.384. The van der Waals surface area contributed by atoms with Crippen LogP contribution in [0, 0.1) is 10.1 Å². The SMILES string of the molecule is O=C(Nc1nc(CSc2ccccc2)cs1)c1ccc([N+](=O)[O-])cc1. The maximum atomic E-state index is 12.2. The summed E-state index contributed by atoms with van der Waals surface area (Å²) in [6.07, 6.45) is 0. The van der Waals surface area contributed by atoms with Crippen LogP contribution in [0.4, 0.5) is 10.8 Å². The largest absolute Gasteiger partial charge is 0.298 e. The third-order valence-corrected chi connectivity index (χ3v) is 5.09. The van der Waals surface area contributed by atoms with E-state index in [-0.39, 0.29) is 11.6 Å². The van der Waals surface area contributed by atoms with Gasteiger partial charge in [-0.25, -0.2) is 4.98 Å². The summed E-state index contributed by atoms with van der Waals surface area (Å²) in [6, 6.07) is 15.5. The fraction of sp³-hybridized carbons (Fsp3) is 0.0588. The number of nitrogens with one attached hydrogen (secondary N) is 1. The topological polar surface area (TPSA) is 85.1 Å². The van der Waals surface area contributed by atoms with E-state index < -0.39 is 4.92 Å². The van der Waals surface area contributed by atoms with Crippen LogP contribution in [-0.2, 0) is 5.75 Å². The van der Waals surface area contributed by atoms with Crippen molar-refractivity contribution < 1.29 is 9.72 Å². The average molecular weight is 371 g/mol. The number of amides is 1. The van der Waals surface area contributed by atoms with Crippen LogP contribution >= 0.6 is 23.1 Å². The number of nitrogens with zero attached hydrogens (tertiary/aromatic N) is 2. The number of benzene rings is 2. The Hall–Kier alpha value is -2.71. The zero-order valence-corrected chi connectivity index (χ0v) is 14.5. The van der Waals surface area contributed by atoms with Crippen molar-refractivity contribution in [3.63, 3.8) is 0 Å². The molecule has 0 aliphatic rings. The maximum Gasteiger partial charge on any atom is 0.269 e. The summed E-state index contributed by atoms with van der Waals surface area (Å²) >= 11 is 3.03.